The Morgan fingerprint density at radius 3 is 2.19 bits per heavy atom. The number of rotatable bonds is 5. The molecule has 0 aliphatic rings. The maximum atomic E-state index is 12.2. The summed E-state index contributed by atoms with van der Waals surface area (Å²) < 4.78 is -0.977. The van der Waals surface area contributed by atoms with Gasteiger partial charge in [-0.05, 0) is 28.7 Å². The Bertz CT molecular complexity index is 1070. The Balaban J connectivity index is 2.72. The maximum absolute atomic E-state index is 12.2. The van der Waals surface area contributed by atoms with Gasteiger partial charge in [0, 0.05) is 22.7 Å². The molecule has 1 N–H and O–H groups in total. The van der Waals surface area contributed by atoms with E-state index in [0.29, 0.717) is 6.07 Å². The van der Waals surface area contributed by atoms with Crippen molar-refractivity contribution >= 4 is 34.0 Å². The van der Waals surface area contributed by atoms with Crippen molar-refractivity contribution in [1.82, 2.24) is 9.41 Å². The highest BCUT2D eigenvalue weighted by Crippen LogP contribution is 2.26. The zero-order valence-corrected chi connectivity index (χ0v) is 14.4. The average molecular weight is 479 g/mol. The van der Waals surface area contributed by atoms with Gasteiger partial charge in [-0.3, -0.25) is 25.0 Å². The van der Waals surface area contributed by atoms with Crippen LogP contribution in [0.3, 0.4) is 0 Å². The molecule has 26 heavy (non-hydrogen) atoms. The van der Waals surface area contributed by atoms with Crippen molar-refractivity contribution in [3.63, 3.8) is 0 Å². The molecule has 15 heteroatoms. The number of nitro benzene ring substituents is 2. The molecule has 0 radical (unpaired) electrons. The van der Waals surface area contributed by atoms with Crippen molar-refractivity contribution < 1.29 is 20.1 Å². The molecule has 0 aliphatic carbocycles. The molecule has 0 bridgehead atoms. The summed E-state index contributed by atoms with van der Waals surface area (Å²) in [7, 11) is 0. The van der Waals surface area contributed by atoms with E-state index in [-0.39, 0.29) is 14.0 Å². The van der Waals surface area contributed by atoms with Gasteiger partial charge in [-0.25, -0.2) is 14.9 Å². The predicted octanol–water partition coefficient (Wildman–Crippen LogP) is 0.299. The highest BCUT2D eigenvalue weighted by molar-refractivity contribution is 14.1. The second kappa shape index (κ2) is 6.86. The molecule has 0 saturated carbocycles. The van der Waals surface area contributed by atoms with Gasteiger partial charge in [0.2, 0.25) is 0 Å². The lowest BCUT2D eigenvalue weighted by Crippen LogP contribution is -2.46. The molecule has 0 aliphatic heterocycles. The van der Waals surface area contributed by atoms with E-state index in [9.17, 15) is 45.1 Å². The first kappa shape index (κ1) is 19.0. The third kappa shape index (κ3) is 3.23. The molecule has 0 fully saturated rings. The van der Waals surface area contributed by atoms with Crippen LogP contribution in [0.25, 0.3) is 0 Å². The van der Waals surface area contributed by atoms with Crippen LogP contribution in [0, 0.1) is 34.0 Å². The average Bonchev–Trinajstić information content (AvgIpc) is 2.56. The summed E-state index contributed by atoms with van der Waals surface area (Å²) in [5.74, 6) is 0. The molecule has 1 aromatic heterocycles. The molecule has 1 aromatic carbocycles. The van der Waals surface area contributed by atoms with E-state index >= 15 is 0 Å². The van der Waals surface area contributed by atoms with E-state index in [2.05, 4.69) is 0 Å². The van der Waals surface area contributed by atoms with Crippen LogP contribution in [0.5, 0.6) is 0 Å². The van der Waals surface area contributed by atoms with Crippen molar-refractivity contribution in [1.29, 1.82) is 0 Å². The van der Waals surface area contributed by atoms with Crippen molar-refractivity contribution in [3.05, 3.63) is 84.2 Å². The zero-order chi connectivity index (χ0) is 19.8. The molecule has 136 valence electrons. The van der Waals surface area contributed by atoms with Gasteiger partial charge in [-0.15, -0.1) is 4.73 Å². The van der Waals surface area contributed by atoms with Crippen molar-refractivity contribution in [3.8, 4) is 0 Å². The monoisotopic (exact) mass is 479 g/mol. The van der Waals surface area contributed by atoms with E-state index < -0.39 is 54.2 Å². The molecule has 0 spiro atoms. The number of benzene rings is 1. The summed E-state index contributed by atoms with van der Waals surface area (Å²) in [6.45, 7) is 0. The van der Waals surface area contributed by atoms with Gasteiger partial charge in [0.15, 0.2) is 5.03 Å². The molecule has 2 rings (SSSR count). The molecule has 0 atom stereocenters. The van der Waals surface area contributed by atoms with Gasteiger partial charge in [0.25, 0.3) is 11.4 Å². The molecular formula is C11H6IN5O9. The van der Waals surface area contributed by atoms with Crippen LogP contribution < -0.4 is 11.2 Å². The lowest BCUT2D eigenvalue weighted by molar-refractivity contribution is -0.549. The summed E-state index contributed by atoms with van der Waals surface area (Å²) >= 11 is 1.37. The Morgan fingerprint density at radius 2 is 1.69 bits per heavy atom. The summed E-state index contributed by atoms with van der Waals surface area (Å²) in [6.07, 6.45) is -0.583. The number of aromatic nitrogens is 2. The number of nitrogens with zero attached hydrogens (tertiary/aromatic N) is 5. The molecule has 0 saturated heterocycles. The van der Waals surface area contributed by atoms with Crippen LogP contribution in [0.2, 0.25) is 0 Å². The quantitative estimate of drug-likeness (QED) is 0.206. The van der Waals surface area contributed by atoms with Crippen LogP contribution in [0.15, 0.2) is 27.8 Å². The number of hydrogen-bond acceptors (Lipinski definition) is 9. The third-order valence-electron chi connectivity index (χ3n) is 3.25. The van der Waals surface area contributed by atoms with Gasteiger partial charge < -0.3 is 5.21 Å². The van der Waals surface area contributed by atoms with E-state index in [0.717, 1.165) is 12.1 Å². The van der Waals surface area contributed by atoms with Crippen LogP contribution in [-0.2, 0) is 6.42 Å². The van der Waals surface area contributed by atoms with Gasteiger partial charge in [-0.1, -0.05) is 0 Å². The van der Waals surface area contributed by atoms with E-state index in [1.165, 1.54) is 22.6 Å². The summed E-state index contributed by atoms with van der Waals surface area (Å²) in [5.41, 5.74) is -4.91. The standard InChI is InChI=1S/C11H6IN5O9/c12-9-7(10(18)13(17(25)26)11(19)14(9)20)3-5-1-2-6(15(21)22)4-8(5)16(23)24/h1-2,4,20H,3H2. The van der Waals surface area contributed by atoms with E-state index in [1.54, 1.807) is 0 Å². The summed E-state index contributed by atoms with van der Waals surface area (Å²) in [4.78, 5) is 54.7. The molecule has 14 nitrogen and oxygen atoms in total. The first-order valence-electron chi connectivity index (χ1n) is 6.38. The first-order valence-corrected chi connectivity index (χ1v) is 7.46. The summed E-state index contributed by atoms with van der Waals surface area (Å²) in [6, 6.07) is 2.63. The fourth-order valence-electron chi connectivity index (χ4n) is 2.07. The van der Waals surface area contributed by atoms with Crippen molar-refractivity contribution in [2.24, 2.45) is 0 Å². The van der Waals surface area contributed by atoms with Crippen molar-refractivity contribution in [2.45, 2.75) is 6.42 Å². The Hall–Kier alpha value is -3.37. The predicted molar refractivity (Wildman–Crippen MR) is 89.8 cm³/mol. The minimum absolute atomic E-state index is 0.142. The fraction of sp³-hybridized carbons (Fsp3) is 0.0909. The molecule has 1 heterocycles. The van der Waals surface area contributed by atoms with Gasteiger partial charge in [0.05, 0.1) is 21.5 Å². The second-order valence-electron chi connectivity index (χ2n) is 4.72. The normalized spacial score (nSPS) is 10.5. The largest absolute Gasteiger partial charge is 0.424 e. The number of hydrogen-bond donors (Lipinski definition) is 1. The number of halogens is 1. The highest BCUT2D eigenvalue weighted by atomic mass is 127. The smallest absolute Gasteiger partial charge is 0.423 e. The number of non-ortho nitro benzene ring substituents is 1. The highest BCUT2D eigenvalue weighted by Gasteiger charge is 2.27. The lowest BCUT2D eigenvalue weighted by Gasteiger charge is -2.08. The van der Waals surface area contributed by atoms with Crippen molar-refractivity contribution in [2.75, 3.05) is 0 Å². The number of nitro groups is 3. The lowest BCUT2D eigenvalue weighted by atomic mass is 10.0. The fourth-order valence-corrected chi connectivity index (χ4v) is 2.70. The zero-order valence-electron chi connectivity index (χ0n) is 12.3. The Morgan fingerprint density at radius 1 is 1.08 bits per heavy atom. The third-order valence-corrected chi connectivity index (χ3v) is 4.36. The van der Waals surface area contributed by atoms with Crippen LogP contribution in [0.1, 0.15) is 11.1 Å². The van der Waals surface area contributed by atoms with Crippen LogP contribution in [0.4, 0.5) is 11.4 Å². The van der Waals surface area contributed by atoms with E-state index in [1.807, 2.05) is 0 Å². The van der Waals surface area contributed by atoms with Gasteiger partial charge in [-0.2, -0.15) is 0 Å². The molecule has 0 unspecified atom stereocenters. The minimum atomic E-state index is -1.62. The molecule has 0 amide bonds. The molecular weight excluding hydrogens is 473 g/mol. The van der Waals surface area contributed by atoms with Gasteiger partial charge in [0.1, 0.15) is 3.70 Å². The minimum Gasteiger partial charge on any atom is -0.423 e. The van der Waals surface area contributed by atoms with Gasteiger partial charge >= 0.3 is 11.2 Å². The Kier molecular flexibility index (Phi) is 5.00. The van der Waals surface area contributed by atoms with Crippen LogP contribution >= 0.6 is 22.6 Å². The van der Waals surface area contributed by atoms with Crippen LogP contribution in [-0.4, -0.2) is 29.5 Å². The summed E-state index contributed by atoms with van der Waals surface area (Å²) in [5, 5.41) is 41.0. The SMILES string of the molecule is O=c1c(Cc2ccc([N+](=O)[O-])cc2[N+](=O)[O-])c(I)n(O)c(=O)n1[N+](=O)[O-]. The molecule has 2 aromatic rings. The Labute approximate surface area is 154 Å². The first-order chi connectivity index (χ1) is 12.1. The topological polar surface area (TPSA) is 194 Å². The van der Waals surface area contributed by atoms with E-state index in [4.69, 9.17) is 0 Å². The second-order valence-corrected chi connectivity index (χ2v) is 5.74. The maximum Gasteiger partial charge on any atom is 0.424 e.